The van der Waals surface area contributed by atoms with E-state index in [1.54, 1.807) is 0 Å². The lowest BCUT2D eigenvalue weighted by molar-refractivity contribution is -0.385. The van der Waals surface area contributed by atoms with Gasteiger partial charge in [-0.3, -0.25) is 30.6 Å². The lowest BCUT2D eigenvalue weighted by Crippen LogP contribution is -2.42. The second kappa shape index (κ2) is 7.32. The van der Waals surface area contributed by atoms with E-state index in [1.807, 2.05) is 0 Å². The highest BCUT2D eigenvalue weighted by Crippen LogP contribution is 2.20. The van der Waals surface area contributed by atoms with Gasteiger partial charge in [0.2, 0.25) is 5.91 Å². The van der Waals surface area contributed by atoms with Crippen LogP contribution in [-0.2, 0) is 11.2 Å². The minimum atomic E-state index is -0.663. The summed E-state index contributed by atoms with van der Waals surface area (Å²) in [4.78, 5) is 34.1. The Kier molecular flexibility index (Phi) is 5.20. The largest absolute Gasteiger partial charge is 0.273 e. The van der Waals surface area contributed by atoms with Crippen molar-refractivity contribution in [3.63, 3.8) is 0 Å². The number of benzene rings is 2. The van der Waals surface area contributed by atoms with Crippen LogP contribution >= 0.6 is 0 Å². The molecule has 0 aliphatic carbocycles. The molecular weight excluding hydrogens is 317 g/mol. The van der Waals surface area contributed by atoms with Crippen LogP contribution in [0, 0.1) is 22.9 Å². The fourth-order valence-corrected chi connectivity index (χ4v) is 2.09. The third-order valence-electron chi connectivity index (χ3n) is 3.34. The Hall–Kier alpha value is -3.29. The molecule has 2 aromatic carbocycles. The second-order valence-corrected chi connectivity index (χ2v) is 5.01. The minimum absolute atomic E-state index is 0.0471. The molecule has 0 aromatic heterocycles. The van der Waals surface area contributed by atoms with E-state index < -0.39 is 22.6 Å². The summed E-state index contributed by atoms with van der Waals surface area (Å²) >= 11 is 0. The van der Waals surface area contributed by atoms with Crippen LogP contribution in [0.4, 0.5) is 10.1 Å². The number of carbonyl (C=O) groups excluding carboxylic acids is 2. The summed E-state index contributed by atoms with van der Waals surface area (Å²) in [6.45, 7) is 1.45. The Balaban J connectivity index is 1.98. The normalized spacial score (nSPS) is 10.1. The summed E-state index contributed by atoms with van der Waals surface area (Å²) in [7, 11) is 0. The van der Waals surface area contributed by atoms with E-state index in [0.29, 0.717) is 5.56 Å². The third kappa shape index (κ3) is 4.13. The molecule has 0 spiro atoms. The first-order valence-corrected chi connectivity index (χ1v) is 6.96. The van der Waals surface area contributed by atoms with E-state index in [1.165, 1.54) is 49.4 Å². The molecule has 0 saturated heterocycles. The summed E-state index contributed by atoms with van der Waals surface area (Å²) in [5, 5.41) is 10.9. The molecule has 0 bridgehead atoms. The molecule has 7 nitrogen and oxygen atoms in total. The first kappa shape index (κ1) is 17.1. The second-order valence-electron chi connectivity index (χ2n) is 5.01. The zero-order valence-corrected chi connectivity index (χ0v) is 12.7. The molecule has 124 valence electrons. The summed E-state index contributed by atoms with van der Waals surface area (Å²) in [5.41, 5.74) is 5.11. The van der Waals surface area contributed by atoms with Crippen molar-refractivity contribution < 1.29 is 18.9 Å². The van der Waals surface area contributed by atoms with Gasteiger partial charge in [0, 0.05) is 11.6 Å². The van der Waals surface area contributed by atoms with Crippen molar-refractivity contribution in [2.24, 2.45) is 0 Å². The van der Waals surface area contributed by atoms with Gasteiger partial charge in [0.05, 0.1) is 16.9 Å². The van der Waals surface area contributed by atoms with Crippen LogP contribution in [-0.4, -0.2) is 16.7 Å². The molecule has 2 aromatic rings. The van der Waals surface area contributed by atoms with Gasteiger partial charge in [-0.25, -0.2) is 4.39 Å². The van der Waals surface area contributed by atoms with E-state index in [9.17, 15) is 24.1 Å². The molecule has 0 saturated carbocycles. The molecule has 2 rings (SSSR count). The maximum atomic E-state index is 12.8. The smallest absolute Gasteiger partial charge is 0.273 e. The highest BCUT2D eigenvalue weighted by molar-refractivity contribution is 5.97. The monoisotopic (exact) mass is 331 g/mol. The fraction of sp³-hybridized carbons (Fsp3) is 0.125. The number of hydrogen-bond donors (Lipinski definition) is 2. The minimum Gasteiger partial charge on any atom is -0.273 e. The molecule has 8 heteroatoms. The number of amides is 2. The molecule has 2 amide bonds. The van der Waals surface area contributed by atoms with E-state index in [4.69, 9.17) is 0 Å². The molecule has 0 aliphatic rings. The number of carbonyl (C=O) groups is 2. The van der Waals surface area contributed by atoms with Crippen molar-refractivity contribution in [1.82, 2.24) is 10.9 Å². The van der Waals surface area contributed by atoms with Gasteiger partial charge in [-0.15, -0.1) is 0 Å². The quantitative estimate of drug-likeness (QED) is 0.661. The number of nitrogens with one attached hydrogen (secondary N) is 2. The maximum absolute atomic E-state index is 12.8. The molecule has 0 aliphatic heterocycles. The standard InChI is InChI=1S/C16H14FN3O4/c1-10-13(3-2-4-14(10)20(23)24)16(22)19-18-15(21)9-11-5-7-12(17)8-6-11/h2-8H,9H2,1H3,(H,18,21)(H,19,22). The number of nitrogens with zero attached hydrogens (tertiary/aromatic N) is 1. The number of nitro groups is 1. The Morgan fingerprint density at radius 3 is 2.42 bits per heavy atom. The Bertz CT molecular complexity index is 790. The molecule has 24 heavy (non-hydrogen) atoms. The number of hydrazine groups is 1. The maximum Gasteiger partial charge on any atom is 0.273 e. The van der Waals surface area contributed by atoms with Crippen molar-refractivity contribution in [2.45, 2.75) is 13.3 Å². The zero-order chi connectivity index (χ0) is 17.7. The average molecular weight is 331 g/mol. The van der Waals surface area contributed by atoms with Gasteiger partial charge < -0.3 is 0 Å². The Labute approximate surface area is 136 Å². The highest BCUT2D eigenvalue weighted by Gasteiger charge is 2.18. The number of nitro benzene ring substituents is 1. The van der Waals surface area contributed by atoms with Crippen LogP contribution in [0.25, 0.3) is 0 Å². The third-order valence-corrected chi connectivity index (χ3v) is 3.34. The molecular formula is C16H14FN3O4. The van der Waals surface area contributed by atoms with Gasteiger partial charge in [0.15, 0.2) is 0 Å². The van der Waals surface area contributed by atoms with Crippen LogP contribution in [0.2, 0.25) is 0 Å². The average Bonchev–Trinajstić information content (AvgIpc) is 2.54. The van der Waals surface area contributed by atoms with Crippen molar-refractivity contribution in [1.29, 1.82) is 0 Å². The van der Waals surface area contributed by atoms with Gasteiger partial charge in [0.1, 0.15) is 5.82 Å². The van der Waals surface area contributed by atoms with Gasteiger partial charge in [-0.2, -0.15) is 0 Å². The number of rotatable bonds is 4. The fourth-order valence-electron chi connectivity index (χ4n) is 2.09. The van der Waals surface area contributed by atoms with Crippen LogP contribution in [0.5, 0.6) is 0 Å². The van der Waals surface area contributed by atoms with Crippen LogP contribution in [0.1, 0.15) is 21.5 Å². The summed E-state index contributed by atoms with van der Waals surface area (Å²) < 4.78 is 12.8. The van der Waals surface area contributed by atoms with Gasteiger partial charge in [0.25, 0.3) is 11.6 Å². The van der Waals surface area contributed by atoms with E-state index in [0.717, 1.165) is 0 Å². The topological polar surface area (TPSA) is 101 Å². The van der Waals surface area contributed by atoms with Crippen molar-refractivity contribution in [3.05, 3.63) is 75.1 Å². The molecule has 0 unspecified atom stereocenters. The number of halogens is 1. The molecule has 0 heterocycles. The highest BCUT2D eigenvalue weighted by atomic mass is 19.1. The summed E-state index contributed by atoms with van der Waals surface area (Å²) in [6, 6.07) is 9.48. The lowest BCUT2D eigenvalue weighted by Gasteiger charge is -2.09. The van der Waals surface area contributed by atoms with E-state index >= 15 is 0 Å². The van der Waals surface area contributed by atoms with Gasteiger partial charge in [-0.05, 0) is 30.7 Å². The van der Waals surface area contributed by atoms with Gasteiger partial charge in [-0.1, -0.05) is 18.2 Å². The zero-order valence-electron chi connectivity index (χ0n) is 12.7. The Morgan fingerprint density at radius 1 is 1.12 bits per heavy atom. The molecule has 2 N–H and O–H groups in total. The predicted molar refractivity (Wildman–Crippen MR) is 83.5 cm³/mol. The predicted octanol–water partition coefficient (Wildman–Crippen LogP) is 2.05. The molecule has 0 atom stereocenters. The Morgan fingerprint density at radius 2 is 1.79 bits per heavy atom. The summed E-state index contributed by atoms with van der Waals surface area (Å²) in [5.74, 6) is -1.57. The first-order chi connectivity index (χ1) is 11.4. The SMILES string of the molecule is Cc1c(C(=O)NNC(=O)Cc2ccc(F)cc2)cccc1[N+](=O)[O-]. The lowest BCUT2D eigenvalue weighted by atomic mass is 10.1. The molecule has 0 fully saturated rings. The van der Waals surface area contributed by atoms with E-state index in [2.05, 4.69) is 10.9 Å². The van der Waals surface area contributed by atoms with Crippen LogP contribution in [0.3, 0.4) is 0 Å². The molecule has 0 radical (unpaired) electrons. The van der Waals surface area contributed by atoms with Crippen LogP contribution < -0.4 is 10.9 Å². The summed E-state index contributed by atoms with van der Waals surface area (Å²) in [6.07, 6.45) is -0.0471. The van der Waals surface area contributed by atoms with Crippen molar-refractivity contribution in [2.75, 3.05) is 0 Å². The van der Waals surface area contributed by atoms with Crippen molar-refractivity contribution >= 4 is 17.5 Å². The van der Waals surface area contributed by atoms with Crippen LogP contribution in [0.15, 0.2) is 42.5 Å². The van der Waals surface area contributed by atoms with Gasteiger partial charge >= 0.3 is 0 Å². The van der Waals surface area contributed by atoms with E-state index in [-0.39, 0.29) is 23.2 Å². The first-order valence-electron chi connectivity index (χ1n) is 6.96. The number of hydrogen-bond acceptors (Lipinski definition) is 4. The van der Waals surface area contributed by atoms with Crippen molar-refractivity contribution in [3.8, 4) is 0 Å².